The van der Waals surface area contributed by atoms with Crippen molar-refractivity contribution in [2.45, 2.75) is 26.5 Å². The van der Waals surface area contributed by atoms with Crippen LogP contribution < -0.4 is 10.9 Å². The quantitative estimate of drug-likeness (QED) is 0.848. The molecule has 0 bridgehead atoms. The maximum Gasteiger partial charge on any atom is 0.413 e. The number of carbonyl (C=O) groups is 1. The van der Waals surface area contributed by atoms with Gasteiger partial charge in [-0.15, -0.1) is 0 Å². The second-order valence-corrected chi connectivity index (χ2v) is 5.36. The van der Waals surface area contributed by atoms with Crippen molar-refractivity contribution in [1.82, 2.24) is 9.55 Å². The Morgan fingerprint density at radius 3 is 2.68 bits per heavy atom. The van der Waals surface area contributed by atoms with Crippen molar-refractivity contribution < 1.29 is 9.53 Å². The lowest BCUT2D eigenvalue weighted by Crippen LogP contribution is -2.22. The van der Waals surface area contributed by atoms with Crippen LogP contribution in [0.3, 0.4) is 0 Å². The molecule has 1 aromatic carbocycles. The lowest BCUT2D eigenvalue weighted by molar-refractivity contribution is 0.155. The van der Waals surface area contributed by atoms with Crippen LogP contribution in [0.25, 0.3) is 0 Å². The molecule has 1 heterocycles. The van der Waals surface area contributed by atoms with Gasteiger partial charge in [-0.05, 0) is 31.6 Å². The number of benzene rings is 1. The van der Waals surface area contributed by atoms with Gasteiger partial charge in [0.25, 0.3) is 5.56 Å². The lowest BCUT2D eigenvalue weighted by Gasteiger charge is -2.17. The molecule has 6 nitrogen and oxygen atoms in total. The van der Waals surface area contributed by atoms with Gasteiger partial charge in [0.05, 0.1) is 0 Å². The molecule has 0 atom stereocenters. The van der Waals surface area contributed by atoms with Crippen molar-refractivity contribution in [3.63, 3.8) is 0 Å². The molecule has 0 aliphatic carbocycles. The number of ether oxygens (including phenoxy) is 1. The van der Waals surface area contributed by atoms with Crippen LogP contribution >= 0.6 is 12.2 Å². The monoisotopic (exact) mass is 319 g/mol. The minimum Gasteiger partial charge on any atom is -0.444 e. The molecule has 0 unspecified atom stereocenters. The number of aromatic amines is 1. The van der Waals surface area contributed by atoms with Gasteiger partial charge in [-0.2, -0.15) is 0 Å². The third-order valence-corrected chi connectivity index (χ3v) is 3.23. The van der Waals surface area contributed by atoms with Crippen LogP contribution in [-0.4, -0.2) is 15.6 Å². The molecule has 0 radical (unpaired) electrons. The van der Waals surface area contributed by atoms with Gasteiger partial charge in [-0.25, -0.2) is 4.79 Å². The summed E-state index contributed by atoms with van der Waals surface area (Å²) in [5.41, 5.74) is 0.504. The summed E-state index contributed by atoms with van der Waals surface area (Å²) in [6.07, 6.45) is -0.641. The van der Waals surface area contributed by atoms with Crippen molar-refractivity contribution in [2.75, 3.05) is 5.32 Å². The van der Waals surface area contributed by atoms with E-state index in [2.05, 4.69) is 10.3 Å². The van der Waals surface area contributed by atoms with E-state index in [1.807, 2.05) is 44.2 Å². The van der Waals surface area contributed by atoms with Gasteiger partial charge >= 0.3 is 6.09 Å². The summed E-state index contributed by atoms with van der Waals surface area (Å²) >= 11 is 5.11. The van der Waals surface area contributed by atoms with Gasteiger partial charge in [0.15, 0.2) is 4.77 Å². The standard InChI is InChI=1S/C15H17N3O3S/c1-10(2)18-12(8-13(19)17-14(18)22)16-15(20)21-9-11-6-4-3-5-7-11/h3-8,10H,9H2,1-2H3,(H,16,20)(H,17,19,22). The van der Waals surface area contributed by atoms with Gasteiger partial charge < -0.3 is 9.30 Å². The first kappa shape index (κ1) is 16.0. The number of aromatic nitrogens is 2. The van der Waals surface area contributed by atoms with E-state index in [1.54, 1.807) is 4.57 Å². The van der Waals surface area contributed by atoms with Gasteiger partial charge in [-0.3, -0.25) is 15.1 Å². The number of nitrogens with zero attached hydrogens (tertiary/aromatic N) is 1. The maximum absolute atomic E-state index is 11.9. The molecule has 116 valence electrons. The van der Waals surface area contributed by atoms with Crippen molar-refractivity contribution >= 4 is 24.1 Å². The van der Waals surface area contributed by atoms with Crippen molar-refractivity contribution in [1.29, 1.82) is 0 Å². The SMILES string of the molecule is CC(C)n1c(NC(=O)OCc2ccccc2)cc(=O)[nH]c1=S. The second kappa shape index (κ2) is 7.04. The minimum atomic E-state index is -0.641. The molecule has 2 aromatic rings. The van der Waals surface area contributed by atoms with Gasteiger partial charge in [0, 0.05) is 12.1 Å². The fraction of sp³-hybridized carbons (Fsp3) is 0.267. The summed E-state index contributed by atoms with van der Waals surface area (Å²) in [5, 5.41) is 2.56. The fourth-order valence-electron chi connectivity index (χ4n) is 1.98. The predicted octanol–water partition coefficient (Wildman–Crippen LogP) is 3.24. The van der Waals surface area contributed by atoms with Crippen LogP contribution in [0.5, 0.6) is 0 Å². The average molecular weight is 319 g/mol. The zero-order chi connectivity index (χ0) is 16.1. The molecule has 0 aliphatic rings. The number of anilines is 1. The number of H-pyrrole nitrogens is 1. The Labute approximate surface area is 132 Å². The Balaban J connectivity index is 2.11. The summed E-state index contributed by atoms with van der Waals surface area (Å²) in [6.45, 7) is 3.95. The Morgan fingerprint density at radius 2 is 2.05 bits per heavy atom. The molecule has 1 aromatic heterocycles. The molecule has 2 rings (SSSR count). The number of hydrogen-bond acceptors (Lipinski definition) is 4. The van der Waals surface area contributed by atoms with E-state index in [9.17, 15) is 9.59 Å². The minimum absolute atomic E-state index is 0.0197. The first-order valence-electron chi connectivity index (χ1n) is 6.81. The molecule has 0 fully saturated rings. The number of carbonyl (C=O) groups excluding carboxylic acids is 1. The highest BCUT2D eigenvalue weighted by Gasteiger charge is 2.11. The van der Waals surface area contributed by atoms with Crippen LogP contribution in [0.2, 0.25) is 0 Å². The summed E-state index contributed by atoms with van der Waals surface area (Å²) in [6, 6.07) is 10.6. The molecular formula is C15H17N3O3S. The van der Waals surface area contributed by atoms with E-state index in [1.165, 1.54) is 6.07 Å². The fourth-order valence-corrected chi connectivity index (χ4v) is 2.39. The average Bonchev–Trinajstić information content (AvgIpc) is 2.45. The Morgan fingerprint density at radius 1 is 1.36 bits per heavy atom. The zero-order valence-corrected chi connectivity index (χ0v) is 13.1. The largest absolute Gasteiger partial charge is 0.444 e. The first-order valence-corrected chi connectivity index (χ1v) is 7.22. The summed E-state index contributed by atoms with van der Waals surface area (Å²) in [4.78, 5) is 25.9. The molecule has 22 heavy (non-hydrogen) atoms. The third-order valence-electron chi connectivity index (χ3n) is 2.94. The molecule has 0 saturated heterocycles. The topological polar surface area (TPSA) is 76.1 Å². The predicted molar refractivity (Wildman–Crippen MR) is 86.5 cm³/mol. The maximum atomic E-state index is 11.9. The Kier molecular flexibility index (Phi) is 5.11. The number of rotatable bonds is 4. The van der Waals surface area contributed by atoms with E-state index >= 15 is 0 Å². The van der Waals surface area contributed by atoms with E-state index in [0.29, 0.717) is 5.82 Å². The number of amides is 1. The molecule has 0 spiro atoms. The van der Waals surface area contributed by atoms with E-state index in [-0.39, 0.29) is 23.0 Å². The highest BCUT2D eigenvalue weighted by Crippen LogP contribution is 2.13. The lowest BCUT2D eigenvalue weighted by atomic mass is 10.2. The summed E-state index contributed by atoms with van der Waals surface area (Å²) in [5.74, 6) is 0.307. The van der Waals surface area contributed by atoms with Crippen molar-refractivity contribution in [2.24, 2.45) is 0 Å². The van der Waals surface area contributed by atoms with E-state index < -0.39 is 6.09 Å². The summed E-state index contributed by atoms with van der Waals surface area (Å²) < 4.78 is 7.03. The van der Waals surface area contributed by atoms with Crippen molar-refractivity contribution in [3.05, 3.63) is 57.1 Å². The molecule has 2 N–H and O–H groups in total. The summed E-state index contributed by atoms with van der Waals surface area (Å²) in [7, 11) is 0. The van der Waals surface area contributed by atoms with Crippen LogP contribution in [0.1, 0.15) is 25.5 Å². The molecule has 7 heteroatoms. The third kappa shape index (κ3) is 4.05. The van der Waals surface area contributed by atoms with Crippen molar-refractivity contribution in [3.8, 4) is 0 Å². The Hall–Kier alpha value is -2.41. The second-order valence-electron chi connectivity index (χ2n) is 4.97. The van der Waals surface area contributed by atoms with Crippen LogP contribution in [-0.2, 0) is 11.3 Å². The Bertz CT molecular complexity index is 766. The van der Waals surface area contributed by atoms with Crippen LogP contribution in [0.4, 0.5) is 10.6 Å². The van der Waals surface area contributed by atoms with Gasteiger partial charge in [-0.1, -0.05) is 30.3 Å². The smallest absolute Gasteiger partial charge is 0.413 e. The molecule has 1 amide bonds. The zero-order valence-electron chi connectivity index (χ0n) is 12.3. The molecule has 0 aliphatic heterocycles. The van der Waals surface area contributed by atoms with Gasteiger partial charge in [0.2, 0.25) is 0 Å². The first-order chi connectivity index (χ1) is 10.5. The van der Waals surface area contributed by atoms with Crippen LogP contribution in [0.15, 0.2) is 41.2 Å². The molecular weight excluding hydrogens is 302 g/mol. The highest BCUT2D eigenvalue weighted by atomic mass is 32.1. The number of hydrogen-bond donors (Lipinski definition) is 2. The van der Waals surface area contributed by atoms with Gasteiger partial charge in [0.1, 0.15) is 12.4 Å². The van der Waals surface area contributed by atoms with Crippen LogP contribution in [0, 0.1) is 4.77 Å². The van der Waals surface area contributed by atoms with E-state index in [4.69, 9.17) is 17.0 Å². The van der Waals surface area contributed by atoms with E-state index in [0.717, 1.165) is 5.56 Å². The number of nitrogens with one attached hydrogen (secondary N) is 2. The normalized spacial score (nSPS) is 10.5. The molecule has 0 saturated carbocycles. The highest BCUT2D eigenvalue weighted by molar-refractivity contribution is 7.71.